The van der Waals surface area contributed by atoms with Gasteiger partial charge in [-0.25, -0.2) is 4.98 Å². The van der Waals surface area contributed by atoms with Gasteiger partial charge in [0.25, 0.3) is 5.91 Å². The van der Waals surface area contributed by atoms with Crippen LogP contribution in [0.4, 0.5) is 5.13 Å². The predicted molar refractivity (Wildman–Crippen MR) is 122 cm³/mol. The van der Waals surface area contributed by atoms with E-state index in [-0.39, 0.29) is 11.8 Å². The predicted octanol–water partition coefficient (Wildman–Crippen LogP) is 4.93. The number of benzene rings is 1. The Kier molecular flexibility index (Phi) is 5.61. The van der Waals surface area contributed by atoms with E-state index in [9.17, 15) is 9.59 Å². The molecule has 0 saturated heterocycles. The summed E-state index contributed by atoms with van der Waals surface area (Å²) >= 11 is 2.96. The maximum Gasteiger partial charge on any atom is 0.258 e. The van der Waals surface area contributed by atoms with E-state index < -0.39 is 0 Å². The van der Waals surface area contributed by atoms with Crippen molar-refractivity contribution in [3.63, 3.8) is 0 Å². The fourth-order valence-corrected chi connectivity index (χ4v) is 4.78. The van der Waals surface area contributed by atoms with Gasteiger partial charge in [-0.15, -0.1) is 22.7 Å². The van der Waals surface area contributed by atoms with Gasteiger partial charge in [-0.2, -0.15) is 0 Å². The molecular formula is C22H20N4O2S2. The molecule has 0 unspecified atom stereocenters. The number of nitrogens with zero attached hydrogens (tertiary/aromatic N) is 2. The van der Waals surface area contributed by atoms with Crippen LogP contribution in [0.2, 0.25) is 0 Å². The molecule has 152 valence electrons. The number of aromatic nitrogens is 2. The summed E-state index contributed by atoms with van der Waals surface area (Å²) in [5.74, 6) is -0.257. The molecule has 0 aliphatic heterocycles. The average Bonchev–Trinajstić information content (AvgIpc) is 3.35. The summed E-state index contributed by atoms with van der Waals surface area (Å²) in [6, 6.07) is 11.7. The number of aryl methyl sites for hydroxylation is 2. The Labute approximate surface area is 182 Å². The van der Waals surface area contributed by atoms with Gasteiger partial charge in [0.15, 0.2) is 5.13 Å². The molecule has 1 aromatic carbocycles. The molecule has 3 heterocycles. The summed E-state index contributed by atoms with van der Waals surface area (Å²) in [5, 5.41) is 9.01. The molecule has 0 spiro atoms. The summed E-state index contributed by atoms with van der Waals surface area (Å²) in [4.78, 5) is 35.2. The molecule has 2 amide bonds. The van der Waals surface area contributed by atoms with E-state index in [4.69, 9.17) is 0 Å². The van der Waals surface area contributed by atoms with E-state index in [1.165, 1.54) is 18.3 Å². The average molecular weight is 437 g/mol. The number of anilines is 1. The number of rotatable bonds is 5. The lowest BCUT2D eigenvalue weighted by atomic mass is 10.0. The minimum absolute atomic E-state index is 0.0577. The van der Waals surface area contributed by atoms with Gasteiger partial charge in [0, 0.05) is 28.3 Å². The van der Waals surface area contributed by atoms with Crippen molar-refractivity contribution in [1.29, 1.82) is 0 Å². The van der Waals surface area contributed by atoms with Crippen LogP contribution in [0.15, 0.2) is 41.8 Å². The number of hydrogen-bond donors (Lipinski definition) is 2. The summed E-state index contributed by atoms with van der Waals surface area (Å²) in [6.45, 7) is 5.88. The van der Waals surface area contributed by atoms with Crippen molar-refractivity contribution in [3.05, 3.63) is 63.5 Å². The normalized spacial score (nSPS) is 10.9. The van der Waals surface area contributed by atoms with E-state index in [0.717, 1.165) is 37.6 Å². The standard InChI is InChI=1S/C22H20N4O2S2/c1-12-4-6-18-16(8-12)17(9-13(2)24-18)21(28)26-22-25-19(11-29-22)20-7-5-15(30-20)10-23-14(3)27/h4-9,11H,10H2,1-3H3,(H,23,27)(H,25,26,28). The minimum Gasteiger partial charge on any atom is -0.351 e. The van der Waals surface area contributed by atoms with E-state index >= 15 is 0 Å². The van der Waals surface area contributed by atoms with Crippen LogP contribution in [0.5, 0.6) is 0 Å². The van der Waals surface area contributed by atoms with Crippen LogP contribution in [0.1, 0.15) is 33.4 Å². The smallest absolute Gasteiger partial charge is 0.258 e. The van der Waals surface area contributed by atoms with Gasteiger partial charge in [0.2, 0.25) is 5.91 Å². The second-order valence-corrected chi connectivity index (χ2v) is 9.03. The molecule has 0 bridgehead atoms. The van der Waals surface area contributed by atoms with Crippen LogP contribution in [0, 0.1) is 13.8 Å². The first kappa shape index (κ1) is 20.2. The molecule has 2 N–H and O–H groups in total. The molecule has 0 aliphatic rings. The largest absolute Gasteiger partial charge is 0.351 e. The van der Waals surface area contributed by atoms with Crippen molar-refractivity contribution in [2.24, 2.45) is 0 Å². The van der Waals surface area contributed by atoms with E-state index in [2.05, 4.69) is 20.6 Å². The Balaban J connectivity index is 1.54. The van der Waals surface area contributed by atoms with Crippen LogP contribution < -0.4 is 10.6 Å². The van der Waals surface area contributed by atoms with Crippen LogP contribution >= 0.6 is 22.7 Å². The Morgan fingerprint density at radius 3 is 2.70 bits per heavy atom. The molecule has 0 fully saturated rings. The molecule has 3 aromatic heterocycles. The first-order valence-electron chi connectivity index (χ1n) is 9.37. The SMILES string of the molecule is CC(=O)NCc1ccc(-c2csc(NC(=O)c3cc(C)nc4ccc(C)cc34)n2)s1. The molecule has 30 heavy (non-hydrogen) atoms. The Hall–Kier alpha value is -3.10. The fraction of sp³-hybridized carbons (Fsp3) is 0.182. The molecule has 0 aliphatic carbocycles. The van der Waals surface area contributed by atoms with Crippen molar-refractivity contribution in [2.75, 3.05) is 5.32 Å². The van der Waals surface area contributed by atoms with Crippen molar-refractivity contribution in [3.8, 4) is 10.6 Å². The zero-order chi connectivity index (χ0) is 21.3. The third-order valence-corrected chi connectivity index (χ3v) is 6.35. The quantitative estimate of drug-likeness (QED) is 0.465. The molecule has 0 radical (unpaired) electrons. The second kappa shape index (κ2) is 8.33. The van der Waals surface area contributed by atoms with Gasteiger partial charge < -0.3 is 5.32 Å². The molecule has 6 nitrogen and oxygen atoms in total. The summed E-state index contributed by atoms with van der Waals surface area (Å²) in [7, 11) is 0. The third-order valence-electron chi connectivity index (χ3n) is 4.49. The highest BCUT2D eigenvalue weighted by molar-refractivity contribution is 7.17. The number of thiophene rings is 1. The van der Waals surface area contributed by atoms with E-state index in [1.807, 2.05) is 49.6 Å². The third kappa shape index (κ3) is 4.39. The molecule has 0 atom stereocenters. The number of pyridine rings is 1. The van der Waals surface area contributed by atoms with Gasteiger partial charge in [0.1, 0.15) is 0 Å². The first-order valence-corrected chi connectivity index (χ1v) is 11.1. The Bertz CT molecular complexity index is 1260. The van der Waals surface area contributed by atoms with Crippen molar-refractivity contribution < 1.29 is 9.59 Å². The summed E-state index contributed by atoms with van der Waals surface area (Å²) in [6.07, 6.45) is 0. The highest BCUT2D eigenvalue weighted by Gasteiger charge is 2.15. The van der Waals surface area contributed by atoms with Crippen LogP contribution in [-0.4, -0.2) is 21.8 Å². The maximum absolute atomic E-state index is 13.0. The minimum atomic E-state index is -0.200. The lowest BCUT2D eigenvalue weighted by Gasteiger charge is -2.08. The number of carbonyl (C=O) groups is 2. The van der Waals surface area contributed by atoms with Gasteiger partial charge in [-0.05, 0) is 44.2 Å². The van der Waals surface area contributed by atoms with Crippen LogP contribution in [0.3, 0.4) is 0 Å². The Morgan fingerprint density at radius 2 is 1.90 bits per heavy atom. The highest BCUT2D eigenvalue weighted by atomic mass is 32.1. The topological polar surface area (TPSA) is 84.0 Å². The molecule has 0 saturated carbocycles. The number of amides is 2. The number of hydrogen-bond acceptors (Lipinski definition) is 6. The highest BCUT2D eigenvalue weighted by Crippen LogP contribution is 2.31. The van der Waals surface area contributed by atoms with Crippen LogP contribution in [-0.2, 0) is 11.3 Å². The van der Waals surface area contributed by atoms with Crippen molar-refractivity contribution in [1.82, 2.24) is 15.3 Å². The van der Waals surface area contributed by atoms with Crippen LogP contribution in [0.25, 0.3) is 21.5 Å². The zero-order valence-corrected chi connectivity index (χ0v) is 18.4. The zero-order valence-electron chi connectivity index (χ0n) is 16.8. The van der Waals surface area contributed by atoms with E-state index in [1.54, 1.807) is 17.4 Å². The maximum atomic E-state index is 13.0. The lowest BCUT2D eigenvalue weighted by Crippen LogP contribution is -2.17. The van der Waals surface area contributed by atoms with Gasteiger partial charge in [0.05, 0.1) is 28.2 Å². The fourth-order valence-electron chi connectivity index (χ4n) is 3.09. The second-order valence-electron chi connectivity index (χ2n) is 7.00. The molecule has 8 heteroatoms. The molecule has 4 rings (SSSR count). The Morgan fingerprint density at radius 1 is 1.07 bits per heavy atom. The first-order chi connectivity index (χ1) is 14.4. The number of carbonyl (C=O) groups excluding carboxylic acids is 2. The monoisotopic (exact) mass is 436 g/mol. The van der Waals surface area contributed by atoms with E-state index in [0.29, 0.717) is 17.2 Å². The summed E-state index contributed by atoms with van der Waals surface area (Å²) in [5.41, 5.74) is 4.07. The summed E-state index contributed by atoms with van der Waals surface area (Å²) < 4.78 is 0. The van der Waals surface area contributed by atoms with Crippen molar-refractivity contribution in [2.45, 2.75) is 27.3 Å². The van der Waals surface area contributed by atoms with Gasteiger partial charge >= 0.3 is 0 Å². The lowest BCUT2D eigenvalue weighted by molar-refractivity contribution is -0.119. The van der Waals surface area contributed by atoms with Gasteiger partial charge in [-0.1, -0.05) is 11.6 Å². The number of fused-ring (bicyclic) bond motifs is 1. The molecular weight excluding hydrogens is 416 g/mol. The van der Waals surface area contributed by atoms with Gasteiger partial charge in [-0.3, -0.25) is 19.9 Å². The number of nitrogens with one attached hydrogen (secondary N) is 2. The number of thiazole rings is 1. The molecule has 4 aromatic rings. The van der Waals surface area contributed by atoms with Crippen molar-refractivity contribution >= 4 is 50.5 Å².